The lowest BCUT2D eigenvalue weighted by Crippen LogP contribution is -2.56. The van der Waals surface area contributed by atoms with Crippen LogP contribution in [-0.2, 0) is 16.1 Å². The molecule has 3 atom stereocenters. The van der Waals surface area contributed by atoms with E-state index >= 15 is 0 Å². The second kappa shape index (κ2) is 9.51. The highest BCUT2D eigenvalue weighted by molar-refractivity contribution is 5.82. The van der Waals surface area contributed by atoms with Gasteiger partial charge < -0.3 is 9.80 Å². The summed E-state index contributed by atoms with van der Waals surface area (Å²) < 4.78 is 0. The van der Waals surface area contributed by atoms with E-state index < -0.39 is 0 Å². The molecule has 2 amide bonds. The average molecular weight is 412 g/mol. The number of fused-ring (bicyclic) bond motifs is 1. The van der Waals surface area contributed by atoms with Crippen molar-refractivity contribution in [3.8, 4) is 0 Å². The largest absolute Gasteiger partial charge is 0.342 e. The van der Waals surface area contributed by atoms with Gasteiger partial charge in [-0.25, -0.2) is 0 Å². The van der Waals surface area contributed by atoms with Crippen LogP contribution in [0.2, 0.25) is 0 Å². The van der Waals surface area contributed by atoms with Crippen LogP contribution in [0.1, 0.15) is 51.5 Å². The van der Waals surface area contributed by atoms with E-state index in [1.165, 1.54) is 24.9 Å². The Kier molecular flexibility index (Phi) is 6.77. The molecule has 0 N–H and O–H groups in total. The summed E-state index contributed by atoms with van der Waals surface area (Å²) in [5.41, 5.74) is 1.38. The minimum atomic E-state index is -0.0120. The Hall–Kier alpha value is -1.88. The van der Waals surface area contributed by atoms with Crippen molar-refractivity contribution in [2.24, 2.45) is 17.8 Å². The van der Waals surface area contributed by atoms with Gasteiger partial charge in [-0.15, -0.1) is 0 Å². The average Bonchev–Trinajstić information content (AvgIpc) is 2.78. The minimum absolute atomic E-state index is 0.00688. The van der Waals surface area contributed by atoms with Gasteiger partial charge in [-0.2, -0.15) is 0 Å². The molecule has 164 valence electrons. The molecule has 0 radical (unpaired) electrons. The van der Waals surface area contributed by atoms with Crippen molar-refractivity contribution in [3.63, 3.8) is 0 Å². The smallest absolute Gasteiger partial charge is 0.227 e. The van der Waals surface area contributed by atoms with Gasteiger partial charge in [0.25, 0.3) is 0 Å². The molecule has 0 spiro atoms. The topological polar surface area (TPSA) is 43.9 Å². The van der Waals surface area contributed by atoms with Crippen LogP contribution >= 0.6 is 0 Å². The molecule has 3 aliphatic heterocycles. The van der Waals surface area contributed by atoms with Crippen LogP contribution in [0.15, 0.2) is 30.3 Å². The summed E-state index contributed by atoms with van der Waals surface area (Å²) in [6.07, 6.45) is 5.38. The maximum atomic E-state index is 13.3. The molecule has 0 bridgehead atoms. The molecular weight excluding hydrogens is 374 g/mol. The Balaban J connectivity index is 1.35. The SMILES string of the molecule is CC(C)C(=O)N1CCC[C@H](C(=O)N2CC[C@@H]3[C@@H](CCCN3Cc3ccccc3)C2)C1. The van der Waals surface area contributed by atoms with E-state index in [1.807, 2.05) is 18.7 Å². The summed E-state index contributed by atoms with van der Waals surface area (Å²) in [7, 11) is 0. The van der Waals surface area contributed by atoms with Gasteiger partial charge in [0, 0.05) is 44.7 Å². The maximum Gasteiger partial charge on any atom is 0.227 e. The summed E-state index contributed by atoms with van der Waals surface area (Å²) >= 11 is 0. The van der Waals surface area contributed by atoms with Crippen LogP contribution in [0, 0.1) is 17.8 Å². The van der Waals surface area contributed by atoms with Crippen LogP contribution < -0.4 is 0 Å². The second-order valence-electron chi connectivity index (χ2n) is 9.78. The lowest BCUT2D eigenvalue weighted by Gasteiger charge is -2.48. The predicted octanol–water partition coefficient (Wildman–Crippen LogP) is 3.39. The molecule has 1 aromatic rings. The molecule has 30 heavy (non-hydrogen) atoms. The van der Waals surface area contributed by atoms with E-state index in [4.69, 9.17) is 0 Å². The number of carbonyl (C=O) groups is 2. The van der Waals surface area contributed by atoms with Gasteiger partial charge >= 0.3 is 0 Å². The number of hydrogen-bond donors (Lipinski definition) is 0. The number of benzene rings is 1. The molecule has 3 saturated heterocycles. The van der Waals surface area contributed by atoms with E-state index in [9.17, 15) is 9.59 Å². The van der Waals surface area contributed by atoms with Crippen LogP contribution in [0.3, 0.4) is 0 Å². The molecule has 0 aromatic heterocycles. The molecule has 3 heterocycles. The van der Waals surface area contributed by atoms with Crippen LogP contribution in [0.5, 0.6) is 0 Å². The number of nitrogens with zero attached hydrogens (tertiary/aromatic N) is 3. The van der Waals surface area contributed by atoms with Gasteiger partial charge in [0.1, 0.15) is 0 Å². The molecule has 4 rings (SSSR count). The third-order valence-corrected chi connectivity index (χ3v) is 7.30. The van der Waals surface area contributed by atoms with Gasteiger partial charge in [-0.1, -0.05) is 44.2 Å². The first-order valence-corrected chi connectivity index (χ1v) is 11.9. The maximum absolute atomic E-state index is 13.3. The third-order valence-electron chi connectivity index (χ3n) is 7.30. The van der Waals surface area contributed by atoms with Crippen LogP contribution in [0.25, 0.3) is 0 Å². The van der Waals surface area contributed by atoms with E-state index in [0.29, 0.717) is 18.5 Å². The second-order valence-corrected chi connectivity index (χ2v) is 9.78. The summed E-state index contributed by atoms with van der Waals surface area (Å²) in [6.45, 7) is 9.25. The van der Waals surface area contributed by atoms with Crippen LogP contribution in [-0.4, -0.2) is 65.3 Å². The Morgan fingerprint density at radius 2 is 1.70 bits per heavy atom. The Morgan fingerprint density at radius 1 is 0.933 bits per heavy atom. The quantitative estimate of drug-likeness (QED) is 0.763. The number of hydrogen-bond acceptors (Lipinski definition) is 3. The highest BCUT2D eigenvalue weighted by atomic mass is 16.2. The standard InChI is InChI=1S/C25H37N3O2/c1-19(2)24(29)27-14-7-11-22(18-27)25(30)28-15-12-23-21(17-28)10-6-13-26(23)16-20-8-4-3-5-9-20/h3-5,8-9,19,21-23H,6-7,10-18H2,1-2H3/t21-,22-,23+/m0/s1. The molecule has 0 saturated carbocycles. The summed E-state index contributed by atoms with van der Waals surface area (Å²) in [5, 5.41) is 0. The monoisotopic (exact) mass is 411 g/mol. The van der Waals surface area contributed by atoms with E-state index in [1.54, 1.807) is 0 Å². The van der Waals surface area contributed by atoms with Crippen molar-refractivity contribution in [3.05, 3.63) is 35.9 Å². The van der Waals surface area contributed by atoms with E-state index in [2.05, 4.69) is 40.1 Å². The highest BCUT2D eigenvalue weighted by Gasteiger charge is 2.39. The zero-order valence-electron chi connectivity index (χ0n) is 18.6. The van der Waals surface area contributed by atoms with E-state index in [0.717, 1.165) is 45.4 Å². The first-order chi connectivity index (χ1) is 14.5. The molecule has 5 heteroatoms. The number of carbonyl (C=O) groups excluding carboxylic acids is 2. The normalized spacial score (nSPS) is 27.8. The fourth-order valence-electron chi connectivity index (χ4n) is 5.72. The van der Waals surface area contributed by atoms with Crippen molar-refractivity contribution in [2.75, 3.05) is 32.7 Å². The third kappa shape index (κ3) is 4.72. The van der Waals surface area contributed by atoms with Crippen molar-refractivity contribution >= 4 is 11.8 Å². The molecule has 3 aliphatic rings. The molecule has 0 aliphatic carbocycles. The highest BCUT2D eigenvalue weighted by Crippen LogP contribution is 2.33. The number of amides is 2. The van der Waals surface area contributed by atoms with Crippen LogP contribution in [0.4, 0.5) is 0 Å². The molecular formula is C25H37N3O2. The van der Waals surface area contributed by atoms with Gasteiger partial charge in [0.2, 0.25) is 11.8 Å². The van der Waals surface area contributed by atoms with Crippen molar-refractivity contribution in [2.45, 2.75) is 58.5 Å². The first kappa shape index (κ1) is 21.4. The van der Waals surface area contributed by atoms with E-state index in [-0.39, 0.29) is 23.7 Å². The van der Waals surface area contributed by atoms with Crippen molar-refractivity contribution < 1.29 is 9.59 Å². The molecule has 3 fully saturated rings. The zero-order valence-corrected chi connectivity index (χ0v) is 18.6. The van der Waals surface area contributed by atoms with Gasteiger partial charge in [0.05, 0.1) is 5.92 Å². The fourth-order valence-corrected chi connectivity index (χ4v) is 5.72. The number of rotatable bonds is 4. The van der Waals surface area contributed by atoms with Gasteiger partial charge in [-0.05, 0) is 50.1 Å². The summed E-state index contributed by atoms with van der Waals surface area (Å²) in [4.78, 5) is 32.4. The molecule has 0 unspecified atom stereocenters. The Bertz CT molecular complexity index is 735. The zero-order chi connectivity index (χ0) is 21.1. The van der Waals surface area contributed by atoms with Gasteiger partial charge in [0.15, 0.2) is 0 Å². The first-order valence-electron chi connectivity index (χ1n) is 11.9. The van der Waals surface area contributed by atoms with Crippen molar-refractivity contribution in [1.29, 1.82) is 0 Å². The number of likely N-dealkylation sites (tertiary alicyclic amines) is 3. The lowest BCUT2D eigenvalue weighted by atomic mass is 9.83. The minimum Gasteiger partial charge on any atom is -0.342 e. The Labute approximate surface area is 181 Å². The van der Waals surface area contributed by atoms with Gasteiger partial charge in [-0.3, -0.25) is 14.5 Å². The van der Waals surface area contributed by atoms with Crippen molar-refractivity contribution in [1.82, 2.24) is 14.7 Å². The summed E-state index contributed by atoms with van der Waals surface area (Å²) in [5.74, 6) is 1.05. The fraction of sp³-hybridized carbons (Fsp3) is 0.680. The molecule has 5 nitrogen and oxygen atoms in total. The lowest BCUT2D eigenvalue weighted by molar-refractivity contribution is -0.144. The number of piperidine rings is 3. The Morgan fingerprint density at radius 3 is 2.47 bits per heavy atom. The molecule has 1 aromatic carbocycles. The predicted molar refractivity (Wildman–Crippen MR) is 119 cm³/mol. The summed E-state index contributed by atoms with van der Waals surface area (Å²) in [6, 6.07) is 11.3.